The standard InChI is InChI=1S/C23H23N3O3S/c1-29-20-6-3-2-5-18(20)24-23(28)25-12-15-11-16(14-25)19-9-8-17(21-7-4-10-30-21)22(27)26(19)13-15/h2-10,15-16H,11-14H2,1H3,(H,24,28)/t15-,16+/m0/s1. The fraction of sp³-hybridized carbons (Fsp3) is 0.304. The third kappa shape index (κ3) is 3.29. The minimum absolute atomic E-state index is 0.0802. The van der Waals surface area contributed by atoms with Crippen LogP contribution in [-0.4, -0.2) is 35.7 Å². The van der Waals surface area contributed by atoms with Gasteiger partial charge in [-0.15, -0.1) is 11.3 Å². The number of ether oxygens (including phenoxy) is 1. The molecule has 5 rings (SSSR count). The van der Waals surface area contributed by atoms with Crippen LogP contribution in [-0.2, 0) is 6.54 Å². The van der Waals surface area contributed by atoms with Gasteiger partial charge >= 0.3 is 6.03 Å². The number of urea groups is 1. The molecule has 2 atom stereocenters. The van der Waals surface area contributed by atoms with Crippen LogP contribution in [0.1, 0.15) is 18.0 Å². The van der Waals surface area contributed by atoms with Crippen LogP contribution in [0.3, 0.4) is 0 Å². The second-order valence-electron chi connectivity index (χ2n) is 7.90. The summed E-state index contributed by atoms with van der Waals surface area (Å²) >= 11 is 1.59. The van der Waals surface area contributed by atoms with Gasteiger partial charge in [-0.25, -0.2) is 4.79 Å². The molecule has 30 heavy (non-hydrogen) atoms. The maximum absolute atomic E-state index is 13.1. The van der Waals surface area contributed by atoms with Crippen LogP contribution in [0, 0.1) is 5.92 Å². The van der Waals surface area contributed by atoms with Crippen molar-refractivity contribution >= 4 is 23.1 Å². The maximum atomic E-state index is 13.1. The van der Waals surface area contributed by atoms with Crippen molar-refractivity contribution in [3.8, 4) is 16.2 Å². The Morgan fingerprint density at radius 2 is 1.97 bits per heavy atom. The van der Waals surface area contributed by atoms with Gasteiger partial charge in [-0.3, -0.25) is 4.79 Å². The molecule has 2 aliphatic heterocycles. The van der Waals surface area contributed by atoms with Gasteiger partial charge in [0.2, 0.25) is 0 Å². The molecule has 2 aliphatic rings. The zero-order valence-corrected chi connectivity index (χ0v) is 17.5. The fourth-order valence-electron chi connectivity index (χ4n) is 4.67. The van der Waals surface area contributed by atoms with Crippen LogP contribution in [0.4, 0.5) is 10.5 Å². The Labute approximate surface area is 178 Å². The molecular weight excluding hydrogens is 398 g/mol. The number of pyridine rings is 1. The number of benzene rings is 1. The largest absolute Gasteiger partial charge is 0.495 e. The molecule has 3 aromatic rings. The lowest BCUT2D eigenvalue weighted by atomic mass is 9.83. The first-order chi connectivity index (χ1) is 14.6. The van der Waals surface area contributed by atoms with E-state index in [0.29, 0.717) is 31.1 Å². The Balaban J connectivity index is 1.39. The number of rotatable bonds is 3. The number of para-hydroxylation sites is 2. The van der Waals surface area contributed by atoms with Gasteiger partial charge in [0.1, 0.15) is 5.75 Å². The summed E-state index contributed by atoms with van der Waals surface area (Å²) in [5.74, 6) is 1.09. The molecule has 2 amide bonds. The van der Waals surface area contributed by atoms with E-state index in [2.05, 4.69) is 11.4 Å². The van der Waals surface area contributed by atoms with E-state index >= 15 is 0 Å². The molecule has 1 fully saturated rings. The number of hydrogen-bond acceptors (Lipinski definition) is 4. The van der Waals surface area contributed by atoms with Crippen LogP contribution < -0.4 is 15.6 Å². The van der Waals surface area contributed by atoms with E-state index in [4.69, 9.17) is 4.74 Å². The number of aromatic nitrogens is 1. The first-order valence-corrected chi connectivity index (χ1v) is 11.0. The first-order valence-electron chi connectivity index (χ1n) is 10.1. The highest BCUT2D eigenvalue weighted by Crippen LogP contribution is 2.36. The lowest BCUT2D eigenvalue weighted by Gasteiger charge is -2.42. The molecule has 154 valence electrons. The van der Waals surface area contributed by atoms with Gasteiger partial charge < -0.3 is 19.5 Å². The highest BCUT2D eigenvalue weighted by Gasteiger charge is 2.37. The summed E-state index contributed by atoms with van der Waals surface area (Å²) in [7, 11) is 1.59. The summed E-state index contributed by atoms with van der Waals surface area (Å²) in [6, 6.07) is 15.2. The van der Waals surface area contributed by atoms with E-state index in [1.54, 1.807) is 18.4 Å². The van der Waals surface area contributed by atoms with Gasteiger partial charge in [-0.2, -0.15) is 0 Å². The molecule has 0 unspecified atom stereocenters. The van der Waals surface area contributed by atoms with Crippen molar-refractivity contribution in [2.24, 2.45) is 5.92 Å². The zero-order chi connectivity index (χ0) is 20.7. The average molecular weight is 422 g/mol. The number of amides is 2. The lowest BCUT2D eigenvalue weighted by molar-refractivity contribution is 0.139. The van der Waals surface area contributed by atoms with E-state index in [9.17, 15) is 9.59 Å². The third-order valence-electron chi connectivity index (χ3n) is 6.03. The number of nitrogens with zero attached hydrogens (tertiary/aromatic N) is 2. The minimum Gasteiger partial charge on any atom is -0.495 e. The summed E-state index contributed by atoms with van der Waals surface area (Å²) < 4.78 is 7.27. The Morgan fingerprint density at radius 3 is 2.77 bits per heavy atom. The van der Waals surface area contributed by atoms with Crippen LogP contribution in [0.5, 0.6) is 5.75 Å². The normalized spacial score (nSPS) is 19.8. The molecule has 1 saturated heterocycles. The van der Waals surface area contributed by atoms with Gasteiger partial charge in [-0.05, 0) is 48.1 Å². The molecule has 1 aromatic carbocycles. The first kappa shape index (κ1) is 18.9. The highest BCUT2D eigenvalue weighted by atomic mass is 32.1. The SMILES string of the molecule is COc1ccccc1NC(=O)N1C[C@@H]2C[C@H](C1)c1ccc(-c3cccs3)c(=O)n1C2. The number of anilines is 1. The van der Waals surface area contributed by atoms with Gasteiger partial charge in [0.05, 0.1) is 18.4 Å². The number of carbonyl (C=O) groups is 1. The number of fused-ring (bicyclic) bond motifs is 4. The molecule has 7 heteroatoms. The van der Waals surface area contributed by atoms with Crippen molar-refractivity contribution in [3.63, 3.8) is 0 Å². The van der Waals surface area contributed by atoms with Crippen molar-refractivity contribution in [1.82, 2.24) is 9.47 Å². The van der Waals surface area contributed by atoms with Crippen LogP contribution >= 0.6 is 11.3 Å². The minimum atomic E-state index is -0.125. The number of methoxy groups -OCH3 is 1. The fourth-order valence-corrected chi connectivity index (χ4v) is 5.42. The molecule has 2 bridgehead atoms. The Hall–Kier alpha value is -3.06. The number of likely N-dealkylation sites (tertiary alicyclic amines) is 1. The van der Waals surface area contributed by atoms with Gasteiger partial charge in [0, 0.05) is 36.1 Å². The van der Waals surface area contributed by atoms with Crippen molar-refractivity contribution in [2.45, 2.75) is 18.9 Å². The molecule has 0 radical (unpaired) electrons. The van der Waals surface area contributed by atoms with Crippen LogP contribution in [0.2, 0.25) is 0 Å². The van der Waals surface area contributed by atoms with Crippen LogP contribution in [0.15, 0.2) is 58.7 Å². The monoisotopic (exact) mass is 421 g/mol. The van der Waals surface area contributed by atoms with E-state index < -0.39 is 0 Å². The molecule has 0 spiro atoms. The van der Waals surface area contributed by atoms with Crippen molar-refractivity contribution in [1.29, 1.82) is 0 Å². The predicted molar refractivity (Wildman–Crippen MR) is 118 cm³/mol. The average Bonchev–Trinajstić information content (AvgIpc) is 3.29. The Kier molecular flexibility index (Phi) is 4.83. The number of thiophene rings is 1. The third-order valence-corrected chi connectivity index (χ3v) is 6.93. The summed E-state index contributed by atoms with van der Waals surface area (Å²) in [5.41, 5.74) is 2.54. The molecule has 0 aliphatic carbocycles. The lowest BCUT2D eigenvalue weighted by Crippen LogP contribution is -2.50. The molecule has 6 nitrogen and oxygen atoms in total. The van der Waals surface area contributed by atoms with Gasteiger partial charge in [-0.1, -0.05) is 18.2 Å². The summed E-state index contributed by atoms with van der Waals surface area (Å²) in [6.07, 6.45) is 1.01. The molecule has 0 saturated carbocycles. The van der Waals surface area contributed by atoms with Crippen molar-refractivity contribution in [3.05, 3.63) is 70.0 Å². The molecule has 1 N–H and O–H groups in total. The number of nitrogens with one attached hydrogen (secondary N) is 1. The summed E-state index contributed by atoms with van der Waals surface area (Å²) in [6.45, 7) is 1.91. The second-order valence-corrected chi connectivity index (χ2v) is 8.85. The predicted octanol–water partition coefficient (Wildman–Crippen LogP) is 4.24. The highest BCUT2D eigenvalue weighted by molar-refractivity contribution is 7.13. The Morgan fingerprint density at radius 1 is 1.10 bits per heavy atom. The smallest absolute Gasteiger partial charge is 0.321 e. The summed E-state index contributed by atoms with van der Waals surface area (Å²) in [5, 5.41) is 4.97. The van der Waals surface area contributed by atoms with Gasteiger partial charge in [0.25, 0.3) is 5.56 Å². The molecule has 4 heterocycles. The van der Waals surface area contributed by atoms with E-state index in [1.165, 1.54) is 0 Å². The topological polar surface area (TPSA) is 63.6 Å². The van der Waals surface area contributed by atoms with E-state index in [-0.39, 0.29) is 23.4 Å². The maximum Gasteiger partial charge on any atom is 0.321 e. The molecule has 2 aromatic heterocycles. The van der Waals surface area contributed by atoms with E-state index in [0.717, 1.165) is 22.6 Å². The van der Waals surface area contributed by atoms with Crippen molar-refractivity contribution in [2.75, 3.05) is 25.5 Å². The Bertz CT molecular complexity index is 1140. The van der Waals surface area contributed by atoms with Gasteiger partial charge in [0.15, 0.2) is 0 Å². The van der Waals surface area contributed by atoms with Crippen molar-refractivity contribution < 1.29 is 9.53 Å². The van der Waals surface area contributed by atoms with Crippen LogP contribution in [0.25, 0.3) is 10.4 Å². The molecular formula is C23H23N3O3S. The quantitative estimate of drug-likeness (QED) is 0.688. The number of piperidine rings is 1. The second kappa shape index (κ2) is 7.65. The zero-order valence-electron chi connectivity index (χ0n) is 16.7. The summed E-state index contributed by atoms with van der Waals surface area (Å²) in [4.78, 5) is 29.0. The number of carbonyl (C=O) groups excluding carboxylic acids is 1. The number of hydrogen-bond donors (Lipinski definition) is 1. The van der Waals surface area contributed by atoms with E-state index in [1.807, 2.05) is 57.3 Å².